The van der Waals surface area contributed by atoms with Gasteiger partial charge in [-0.15, -0.1) is 11.8 Å². The van der Waals surface area contributed by atoms with Crippen molar-refractivity contribution in [3.63, 3.8) is 0 Å². The number of hydrogen-bond donors (Lipinski definition) is 1. The summed E-state index contributed by atoms with van der Waals surface area (Å²) in [7, 11) is 1.66. The number of likely N-dealkylation sites (N-methyl/N-ethyl adjacent to an activating group) is 1. The van der Waals surface area contributed by atoms with Gasteiger partial charge in [0, 0.05) is 36.6 Å². The number of benzene rings is 1. The first-order valence-electron chi connectivity index (χ1n) is 7.47. The smallest absolute Gasteiger partial charge is 0.237 e. The zero-order valence-corrected chi connectivity index (χ0v) is 13.4. The van der Waals surface area contributed by atoms with Crippen LogP contribution in [0.2, 0.25) is 0 Å². The number of allylic oxidation sites excluding steroid dienone is 5. The van der Waals surface area contributed by atoms with E-state index < -0.39 is 0 Å². The van der Waals surface area contributed by atoms with E-state index in [9.17, 15) is 9.18 Å². The average molecular weight is 326 g/mol. The third-order valence-electron chi connectivity index (χ3n) is 4.35. The lowest BCUT2D eigenvalue weighted by Gasteiger charge is -2.14. The van der Waals surface area contributed by atoms with Crippen molar-refractivity contribution in [1.29, 1.82) is 0 Å². The van der Waals surface area contributed by atoms with E-state index in [0.717, 1.165) is 33.7 Å². The van der Waals surface area contributed by atoms with Gasteiger partial charge in [0.1, 0.15) is 11.1 Å². The van der Waals surface area contributed by atoms with Crippen molar-refractivity contribution in [2.45, 2.75) is 17.4 Å². The summed E-state index contributed by atoms with van der Waals surface area (Å²) in [6.07, 6.45) is 5.35. The van der Waals surface area contributed by atoms with Crippen molar-refractivity contribution >= 4 is 29.0 Å². The first kappa shape index (κ1) is 14.5. The number of fused-ring (bicyclic) bond motifs is 2. The van der Waals surface area contributed by atoms with Gasteiger partial charge in [-0.25, -0.2) is 4.39 Å². The number of amides is 1. The summed E-state index contributed by atoms with van der Waals surface area (Å²) in [5.74, 6) is 0.725. The minimum atomic E-state index is -0.160. The Morgan fingerprint density at radius 3 is 3.04 bits per heavy atom. The van der Waals surface area contributed by atoms with Crippen molar-refractivity contribution in [2.75, 3.05) is 7.05 Å². The fraction of sp³-hybridized carbons (Fsp3) is 0.222. The van der Waals surface area contributed by atoms with Crippen LogP contribution in [0.3, 0.4) is 0 Å². The van der Waals surface area contributed by atoms with Crippen LogP contribution in [0.25, 0.3) is 5.57 Å². The molecule has 116 valence electrons. The molecule has 0 radical (unpaired) electrons. The molecule has 3 nitrogen and oxygen atoms in total. The SMILES string of the molecule is CNC(=O)C1SCc2ccc(C3=CN=C4CC(F)=CC=C34)cc21. The normalized spacial score (nSPS) is 21.7. The number of thioether (sulfide) groups is 1. The number of rotatable bonds is 2. The monoisotopic (exact) mass is 326 g/mol. The molecule has 2 aliphatic heterocycles. The summed E-state index contributed by atoms with van der Waals surface area (Å²) in [5, 5.41) is 2.57. The molecular weight excluding hydrogens is 311 g/mol. The molecule has 1 unspecified atom stereocenters. The van der Waals surface area contributed by atoms with E-state index in [1.54, 1.807) is 31.1 Å². The van der Waals surface area contributed by atoms with Crippen LogP contribution in [0.1, 0.15) is 28.4 Å². The number of carbonyl (C=O) groups is 1. The van der Waals surface area contributed by atoms with Gasteiger partial charge >= 0.3 is 0 Å². The van der Waals surface area contributed by atoms with Gasteiger partial charge in [0.25, 0.3) is 0 Å². The molecule has 0 spiro atoms. The van der Waals surface area contributed by atoms with Gasteiger partial charge in [-0.3, -0.25) is 9.79 Å². The van der Waals surface area contributed by atoms with Crippen molar-refractivity contribution in [2.24, 2.45) is 4.99 Å². The highest BCUT2D eigenvalue weighted by Gasteiger charge is 2.30. The van der Waals surface area contributed by atoms with Crippen LogP contribution in [-0.2, 0) is 10.5 Å². The molecule has 2 heterocycles. The quantitative estimate of drug-likeness (QED) is 0.900. The van der Waals surface area contributed by atoms with Gasteiger partial charge in [-0.05, 0) is 34.9 Å². The molecule has 1 atom stereocenters. The first-order valence-corrected chi connectivity index (χ1v) is 8.52. The number of aliphatic imine (C=N–C) groups is 1. The molecule has 0 aromatic heterocycles. The number of halogens is 1. The van der Waals surface area contributed by atoms with E-state index in [4.69, 9.17) is 0 Å². The second kappa shape index (κ2) is 5.49. The number of nitrogens with one attached hydrogen (secondary N) is 1. The van der Waals surface area contributed by atoms with Crippen molar-refractivity contribution < 1.29 is 9.18 Å². The van der Waals surface area contributed by atoms with Crippen molar-refractivity contribution in [3.8, 4) is 0 Å². The van der Waals surface area contributed by atoms with Crippen LogP contribution in [0.4, 0.5) is 4.39 Å². The standard InChI is InChI=1S/C18H15FN2OS/c1-20-18(22)17-14-6-10(2-3-11(14)9-23-17)15-8-21-16-7-12(19)4-5-13(15)16/h2-6,8,17H,7,9H2,1H3,(H,20,22). The van der Waals surface area contributed by atoms with E-state index >= 15 is 0 Å². The van der Waals surface area contributed by atoms with Crippen LogP contribution >= 0.6 is 11.8 Å². The number of hydrogen-bond acceptors (Lipinski definition) is 3. The minimum Gasteiger partial charge on any atom is -0.358 e. The van der Waals surface area contributed by atoms with E-state index in [2.05, 4.69) is 28.5 Å². The molecule has 0 saturated carbocycles. The molecule has 0 bridgehead atoms. The zero-order chi connectivity index (χ0) is 16.0. The minimum absolute atomic E-state index is 0.0325. The maximum atomic E-state index is 13.4. The summed E-state index contributed by atoms with van der Waals surface area (Å²) in [6, 6.07) is 6.22. The Morgan fingerprint density at radius 2 is 2.22 bits per heavy atom. The predicted octanol–water partition coefficient (Wildman–Crippen LogP) is 3.70. The maximum Gasteiger partial charge on any atom is 0.237 e. The molecule has 5 heteroatoms. The largest absolute Gasteiger partial charge is 0.358 e. The molecule has 1 aliphatic carbocycles. The Kier molecular flexibility index (Phi) is 3.45. The molecule has 0 saturated heterocycles. The number of carbonyl (C=O) groups excluding carboxylic acids is 1. The summed E-state index contributed by atoms with van der Waals surface area (Å²) in [4.78, 5) is 16.4. The lowest BCUT2D eigenvalue weighted by Crippen LogP contribution is -2.22. The Hall–Kier alpha value is -2.14. The summed E-state index contributed by atoms with van der Waals surface area (Å²) in [6.45, 7) is 0. The average Bonchev–Trinajstić information content (AvgIpc) is 3.16. The molecule has 23 heavy (non-hydrogen) atoms. The molecule has 1 N–H and O–H groups in total. The highest BCUT2D eigenvalue weighted by molar-refractivity contribution is 7.99. The van der Waals surface area contributed by atoms with Crippen molar-refractivity contribution in [1.82, 2.24) is 5.32 Å². The molecule has 4 rings (SSSR count). The molecule has 3 aliphatic rings. The van der Waals surface area contributed by atoms with E-state index in [0.29, 0.717) is 0 Å². The van der Waals surface area contributed by atoms with E-state index in [-0.39, 0.29) is 23.4 Å². The molecular formula is C18H15FN2OS. The third kappa shape index (κ3) is 2.36. The zero-order valence-electron chi connectivity index (χ0n) is 12.6. The topological polar surface area (TPSA) is 41.5 Å². The van der Waals surface area contributed by atoms with Gasteiger partial charge in [0.05, 0.1) is 5.71 Å². The van der Waals surface area contributed by atoms with Crippen LogP contribution in [0.15, 0.2) is 52.9 Å². The highest BCUT2D eigenvalue weighted by atomic mass is 32.2. The summed E-state index contributed by atoms with van der Waals surface area (Å²) in [5.41, 5.74) is 6.06. The van der Waals surface area contributed by atoms with Gasteiger partial charge in [0.15, 0.2) is 0 Å². The van der Waals surface area contributed by atoms with E-state index in [1.165, 1.54) is 11.6 Å². The van der Waals surface area contributed by atoms with E-state index in [1.807, 2.05) is 0 Å². The predicted molar refractivity (Wildman–Crippen MR) is 91.8 cm³/mol. The second-order valence-electron chi connectivity index (χ2n) is 5.71. The van der Waals surface area contributed by atoms with Gasteiger partial charge in [-0.2, -0.15) is 0 Å². The first-order chi connectivity index (χ1) is 11.2. The lowest BCUT2D eigenvalue weighted by molar-refractivity contribution is -0.120. The molecule has 1 amide bonds. The Morgan fingerprint density at radius 1 is 1.35 bits per heavy atom. The van der Waals surface area contributed by atoms with Crippen LogP contribution in [-0.4, -0.2) is 18.7 Å². The lowest BCUT2D eigenvalue weighted by atomic mass is 9.90. The second-order valence-corrected chi connectivity index (χ2v) is 6.80. The van der Waals surface area contributed by atoms with Crippen LogP contribution in [0, 0.1) is 0 Å². The Bertz CT molecular complexity index is 835. The van der Waals surface area contributed by atoms with Crippen LogP contribution in [0.5, 0.6) is 0 Å². The highest BCUT2D eigenvalue weighted by Crippen LogP contribution is 2.44. The van der Waals surface area contributed by atoms with Crippen LogP contribution < -0.4 is 5.32 Å². The Balaban J connectivity index is 1.71. The Labute approximate surface area is 138 Å². The molecule has 0 fully saturated rings. The molecule has 1 aromatic carbocycles. The fourth-order valence-electron chi connectivity index (χ4n) is 3.14. The van der Waals surface area contributed by atoms with Crippen molar-refractivity contribution in [3.05, 3.63) is 64.6 Å². The summed E-state index contributed by atoms with van der Waals surface area (Å²) < 4.78 is 13.4. The summed E-state index contributed by atoms with van der Waals surface area (Å²) >= 11 is 1.64. The number of nitrogens with zero attached hydrogens (tertiary/aromatic N) is 1. The third-order valence-corrected chi connectivity index (χ3v) is 5.63. The van der Waals surface area contributed by atoms with Gasteiger partial charge < -0.3 is 5.32 Å². The van der Waals surface area contributed by atoms with Gasteiger partial charge in [0.2, 0.25) is 5.91 Å². The molecule has 1 aromatic rings. The van der Waals surface area contributed by atoms with Gasteiger partial charge in [-0.1, -0.05) is 12.1 Å². The fourth-order valence-corrected chi connectivity index (χ4v) is 4.41. The maximum absolute atomic E-state index is 13.4.